The molecule has 0 saturated carbocycles. The number of aryl methyl sites for hydroxylation is 1. The van der Waals surface area contributed by atoms with Crippen LogP contribution in [0.2, 0.25) is 5.02 Å². The number of halogens is 2. The van der Waals surface area contributed by atoms with Crippen LogP contribution in [0.25, 0.3) is 0 Å². The number of carbonyl (C=O) groups excluding carboxylic acids is 1. The molecule has 0 unspecified atom stereocenters. The number of anilines is 1. The van der Waals surface area contributed by atoms with Crippen molar-refractivity contribution < 1.29 is 9.53 Å². The van der Waals surface area contributed by atoms with Gasteiger partial charge in [-0.1, -0.05) is 17.7 Å². The Morgan fingerprint density at radius 1 is 1.20 bits per heavy atom. The van der Waals surface area contributed by atoms with Gasteiger partial charge in [0, 0.05) is 10.7 Å². The minimum atomic E-state index is -0.238. The molecule has 0 atom stereocenters. The minimum absolute atomic E-state index is 0.0692. The van der Waals surface area contributed by atoms with E-state index in [-0.39, 0.29) is 11.8 Å². The summed E-state index contributed by atoms with van der Waals surface area (Å²) in [4.78, 5) is 11.3. The normalized spacial score (nSPS) is 10.2. The van der Waals surface area contributed by atoms with Crippen LogP contribution in [-0.4, -0.2) is 11.8 Å². The number of nitrogens with one attached hydrogen (secondary N) is 1. The highest BCUT2D eigenvalue weighted by Gasteiger charge is 2.05. The molecule has 104 valence electrons. The molecule has 5 heteroatoms. The van der Waals surface area contributed by atoms with Crippen molar-refractivity contribution in [1.82, 2.24) is 0 Å². The van der Waals surface area contributed by atoms with E-state index < -0.39 is 0 Å². The molecule has 20 heavy (non-hydrogen) atoms. The number of alkyl halides is 1. The summed E-state index contributed by atoms with van der Waals surface area (Å²) in [5.41, 5.74) is 1.61. The molecular formula is C15H13Cl2NO2. The SMILES string of the molecule is Cc1cc(Oc2cccc(Cl)c2)ccc1NC(=O)CCl. The van der Waals surface area contributed by atoms with Crippen LogP contribution in [0.5, 0.6) is 11.5 Å². The average molecular weight is 310 g/mol. The molecule has 0 aliphatic heterocycles. The van der Waals surface area contributed by atoms with E-state index in [0.717, 1.165) is 5.56 Å². The Balaban J connectivity index is 2.14. The van der Waals surface area contributed by atoms with Crippen LogP contribution < -0.4 is 10.1 Å². The number of amides is 1. The molecule has 0 spiro atoms. The fraction of sp³-hybridized carbons (Fsp3) is 0.133. The maximum Gasteiger partial charge on any atom is 0.239 e. The quantitative estimate of drug-likeness (QED) is 0.837. The first-order chi connectivity index (χ1) is 9.58. The molecular weight excluding hydrogens is 297 g/mol. The Bertz CT molecular complexity index is 629. The molecule has 1 amide bonds. The van der Waals surface area contributed by atoms with Crippen molar-refractivity contribution in [2.45, 2.75) is 6.92 Å². The average Bonchev–Trinajstić information content (AvgIpc) is 2.41. The van der Waals surface area contributed by atoms with Crippen LogP contribution in [0.15, 0.2) is 42.5 Å². The van der Waals surface area contributed by atoms with Gasteiger partial charge in [-0.15, -0.1) is 11.6 Å². The second-order valence-electron chi connectivity index (χ2n) is 4.22. The minimum Gasteiger partial charge on any atom is -0.457 e. The zero-order chi connectivity index (χ0) is 14.5. The molecule has 0 saturated heterocycles. The Kier molecular flexibility index (Phi) is 4.88. The van der Waals surface area contributed by atoms with E-state index in [9.17, 15) is 4.79 Å². The summed E-state index contributed by atoms with van der Waals surface area (Å²) in [7, 11) is 0. The zero-order valence-corrected chi connectivity index (χ0v) is 12.3. The monoisotopic (exact) mass is 309 g/mol. The first-order valence-corrected chi connectivity index (χ1v) is 6.89. The van der Waals surface area contributed by atoms with E-state index in [1.807, 2.05) is 25.1 Å². The fourth-order valence-electron chi connectivity index (χ4n) is 1.69. The molecule has 1 N–H and O–H groups in total. The molecule has 0 aliphatic rings. The van der Waals surface area contributed by atoms with Crippen molar-refractivity contribution in [3.8, 4) is 11.5 Å². The third kappa shape index (κ3) is 3.89. The zero-order valence-electron chi connectivity index (χ0n) is 10.8. The van der Waals surface area contributed by atoms with Gasteiger partial charge >= 0.3 is 0 Å². The van der Waals surface area contributed by atoms with Crippen LogP contribution in [0, 0.1) is 6.92 Å². The maximum absolute atomic E-state index is 11.3. The molecule has 0 radical (unpaired) electrons. The van der Waals surface area contributed by atoms with Crippen LogP contribution >= 0.6 is 23.2 Å². The van der Waals surface area contributed by atoms with Crippen molar-refractivity contribution in [2.24, 2.45) is 0 Å². The second-order valence-corrected chi connectivity index (χ2v) is 4.92. The van der Waals surface area contributed by atoms with Gasteiger partial charge < -0.3 is 10.1 Å². The van der Waals surface area contributed by atoms with Gasteiger partial charge in [-0.25, -0.2) is 0 Å². The van der Waals surface area contributed by atoms with Gasteiger partial charge in [-0.05, 0) is 48.9 Å². The van der Waals surface area contributed by atoms with Crippen LogP contribution in [-0.2, 0) is 4.79 Å². The number of hydrogen-bond acceptors (Lipinski definition) is 2. The lowest BCUT2D eigenvalue weighted by molar-refractivity contribution is -0.113. The lowest BCUT2D eigenvalue weighted by Crippen LogP contribution is -2.13. The van der Waals surface area contributed by atoms with E-state index in [4.69, 9.17) is 27.9 Å². The standard InChI is InChI=1S/C15H13Cl2NO2/c1-10-7-13(5-6-14(10)18-15(19)9-16)20-12-4-2-3-11(17)8-12/h2-8H,9H2,1H3,(H,18,19). The molecule has 2 rings (SSSR count). The van der Waals surface area contributed by atoms with Crippen LogP contribution in [0.1, 0.15) is 5.56 Å². The van der Waals surface area contributed by atoms with Crippen molar-refractivity contribution in [1.29, 1.82) is 0 Å². The molecule has 3 nitrogen and oxygen atoms in total. The number of rotatable bonds is 4. The van der Waals surface area contributed by atoms with Crippen molar-refractivity contribution >= 4 is 34.8 Å². The highest BCUT2D eigenvalue weighted by atomic mass is 35.5. The van der Waals surface area contributed by atoms with E-state index >= 15 is 0 Å². The van der Waals surface area contributed by atoms with Gasteiger partial charge in [0.15, 0.2) is 0 Å². The topological polar surface area (TPSA) is 38.3 Å². The van der Waals surface area contributed by atoms with Gasteiger partial charge in [0.05, 0.1) is 0 Å². The van der Waals surface area contributed by atoms with Gasteiger partial charge in [-0.2, -0.15) is 0 Å². The van der Waals surface area contributed by atoms with Crippen molar-refractivity contribution in [3.05, 3.63) is 53.1 Å². The first kappa shape index (κ1) is 14.7. The number of benzene rings is 2. The summed E-state index contributed by atoms with van der Waals surface area (Å²) in [5, 5.41) is 3.33. The second kappa shape index (κ2) is 6.64. The highest BCUT2D eigenvalue weighted by molar-refractivity contribution is 6.30. The van der Waals surface area contributed by atoms with Gasteiger partial charge in [0.2, 0.25) is 5.91 Å². The smallest absolute Gasteiger partial charge is 0.239 e. The summed E-state index contributed by atoms with van der Waals surface area (Å²) in [6.07, 6.45) is 0. The molecule has 0 fully saturated rings. The van der Waals surface area contributed by atoms with Crippen LogP contribution in [0.4, 0.5) is 5.69 Å². The highest BCUT2D eigenvalue weighted by Crippen LogP contribution is 2.27. The summed E-state index contributed by atoms with van der Waals surface area (Å²) >= 11 is 11.4. The maximum atomic E-state index is 11.3. The van der Waals surface area contributed by atoms with Crippen molar-refractivity contribution in [3.63, 3.8) is 0 Å². The number of hydrogen-bond donors (Lipinski definition) is 1. The van der Waals surface area contributed by atoms with E-state index in [1.165, 1.54) is 0 Å². The van der Waals surface area contributed by atoms with E-state index in [1.54, 1.807) is 24.3 Å². The van der Waals surface area contributed by atoms with E-state index in [0.29, 0.717) is 22.2 Å². The first-order valence-electron chi connectivity index (χ1n) is 5.98. The van der Waals surface area contributed by atoms with Gasteiger partial charge in [-0.3, -0.25) is 4.79 Å². The molecule has 2 aromatic rings. The van der Waals surface area contributed by atoms with E-state index in [2.05, 4.69) is 5.32 Å². The summed E-state index contributed by atoms with van der Waals surface area (Å²) in [5.74, 6) is 1.03. The lowest BCUT2D eigenvalue weighted by atomic mass is 10.2. The molecule has 2 aromatic carbocycles. The largest absolute Gasteiger partial charge is 0.457 e. The Hall–Kier alpha value is -1.71. The van der Waals surface area contributed by atoms with Crippen molar-refractivity contribution in [2.75, 3.05) is 11.2 Å². The Morgan fingerprint density at radius 2 is 1.95 bits per heavy atom. The number of ether oxygens (including phenoxy) is 1. The predicted molar refractivity (Wildman–Crippen MR) is 82.1 cm³/mol. The molecule has 0 bridgehead atoms. The Morgan fingerprint density at radius 3 is 2.60 bits per heavy atom. The summed E-state index contributed by atoms with van der Waals surface area (Å²) in [6.45, 7) is 1.88. The molecule has 0 heterocycles. The third-order valence-electron chi connectivity index (χ3n) is 2.63. The lowest BCUT2D eigenvalue weighted by Gasteiger charge is -2.10. The number of carbonyl (C=O) groups is 1. The summed E-state index contributed by atoms with van der Waals surface area (Å²) < 4.78 is 5.70. The molecule has 0 aliphatic carbocycles. The molecule has 0 aromatic heterocycles. The predicted octanol–water partition coefficient (Wildman–Crippen LogP) is 4.62. The van der Waals surface area contributed by atoms with Crippen LogP contribution in [0.3, 0.4) is 0 Å². The van der Waals surface area contributed by atoms with Gasteiger partial charge in [0.25, 0.3) is 0 Å². The summed E-state index contributed by atoms with van der Waals surface area (Å²) in [6, 6.07) is 12.6. The fourth-order valence-corrected chi connectivity index (χ4v) is 1.94. The Labute approximate surface area is 127 Å². The third-order valence-corrected chi connectivity index (χ3v) is 3.10. The van der Waals surface area contributed by atoms with Gasteiger partial charge in [0.1, 0.15) is 17.4 Å².